The first-order valence-corrected chi connectivity index (χ1v) is 17.1. The SMILES string of the molecule is C[C@@H](O)[C@H]1[C@@H](CO)ON(CC2CCCC(C#CC(C)(O)C3CCCCC3)C2)[C@H]1C(=O)NCCCN(C)C1CCCCC1. The number of nitrogens with zero attached hydrogens (tertiary/aromatic N) is 2. The molecule has 3 aliphatic carbocycles. The molecule has 3 unspecified atom stereocenters. The third-order valence-corrected chi connectivity index (χ3v) is 10.7. The van der Waals surface area contributed by atoms with Crippen molar-refractivity contribution in [3.63, 3.8) is 0 Å². The van der Waals surface area contributed by atoms with Gasteiger partial charge in [-0.3, -0.25) is 9.63 Å². The van der Waals surface area contributed by atoms with Gasteiger partial charge in [-0.05, 0) is 90.6 Å². The van der Waals surface area contributed by atoms with Gasteiger partial charge in [0.25, 0.3) is 0 Å². The van der Waals surface area contributed by atoms with Gasteiger partial charge in [0.05, 0.1) is 12.7 Å². The number of hydrogen-bond acceptors (Lipinski definition) is 7. The minimum absolute atomic E-state index is 0.132. The highest BCUT2D eigenvalue weighted by Gasteiger charge is 2.49. The van der Waals surface area contributed by atoms with E-state index in [4.69, 9.17) is 4.84 Å². The summed E-state index contributed by atoms with van der Waals surface area (Å²) in [7, 11) is 2.19. The number of carbonyl (C=O) groups is 1. The summed E-state index contributed by atoms with van der Waals surface area (Å²) >= 11 is 0. The first kappa shape index (κ1) is 33.7. The van der Waals surface area contributed by atoms with Crippen molar-refractivity contribution in [1.29, 1.82) is 0 Å². The van der Waals surface area contributed by atoms with Crippen LogP contribution in [0.5, 0.6) is 0 Å². The Balaban J connectivity index is 1.33. The van der Waals surface area contributed by atoms with Crippen LogP contribution < -0.4 is 5.32 Å². The zero-order valence-corrected chi connectivity index (χ0v) is 26.6. The second-order valence-electron chi connectivity index (χ2n) is 14.1. The Kier molecular flexibility index (Phi) is 13.0. The maximum Gasteiger partial charge on any atom is 0.240 e. The molecule has 4 fully saturated rings. The number of hydrogen-bond donors (Lipinski definition) is 4. The van der Waals surface area contributed by atoms with Crippen LogP contribution in [0.25, 0.3) is 0 Å². The van der Waals surface area contributed by atoms with E-state index in [0.717, 1.165) is 51.5 Å². The molecule has 8 heteroatoms. The fourth-order valence-corrected chi connectivity index (χ4v) is 8.10. The van der Waals surface area contributed by atoms with E-state index in [1.54, 1.807) is 12.0 Å². The van der Waals surface area contributed by atoms with Crippen LogP contribution in [0.15, 0.2) is 0 Å². The van der Waals surface area contributed by atoms with Gasteiger partial charge in [0.15, 0.2) is 0 Å². The number of hydroxylamine groups is 2. The standard InChI is InChI=1S/C34H59N3O5/c1-25(39)31-30(24-38)42-37(32(31)33(40)35-20-11-21-36(3)29-16-8-5-9-17-29)23-27-13-10-12-26(22-27)18-19-34(2,41)28-14-6-4-7-15-28/h25-32,38-39,41H,4-17,20-24H2,1-3H3,(H,35,40)/t25-,26?,27?,30-,31+,32-,34?/m1/s1. The molecule has 7 atom stereocenters. The van der Waals surface area contributed by atoms with Gasteiger partial charge in [0.2, 0.25) is 5.91 Å². The summed E-state index contributed by atoms with van der Waals surface area (Å²) < 4.78 is 0. The van der Waals surface area contributed by atoms with Crippen molar-refractivity contribution in [1.82, 2.24) is 15.3 Å². The molecular formula is C34H59N3O5. The molecule has 0 spiro atoms. The average Bonchev–Trinajstić information content (AvgIpc) is 3.38. The van der Waals surface area contributed by atoms with Crippen LogP contribution in [-0.2, 0) is 9.63 Å². The third kappa shape index (κ3) is 9.15. The molecular weight excluding hydrogens is 530 g/mol. The van der Waals surface area contributed by atoms with Crippen molar-refractivity contribution >= 4 is 5.91 Å². The summed E-state index contributed by atoms with van der Waals surface area (Å²) in [6.45, 7) is 5.43. The van der Waals surface area contributed by atoms with Gasteiger partial charge in [-0.15, -0.1) is 0 Å². The van der Waals surface area contributed by atoms with E-state index in [0.29, 0.717) is 25.0 Å². The predicted octanol–water partition coefficient (Wildman–Crippen LogP) is 3.87. The molecule has 1 amide bonds. The van der Waals surface area contributed by atoms with E-state index in [1.165, 1.54) is 51.4 Å². The number of amides is 1. The van der Waals surface area contributed by atoms with Gasteiger partial charge in [-0.2, -0.15) is 5.06 Å². The molecule has 4 aliphatic rings. The fourth-order valence-electron chi connectivity index (χ4n) is 8.10. The second-order valence-corrected chi connectivity index (χ2v) is 14.1. The van der Waals surface area contributed by atoms with E-state index >= 15 is 0 Å². The molecule has 3 saturated carbocycles. The van der Waals surface area contributed by atoms with Crippen LogP contribution in [0.4, 0.5) is 0 Å². The first-order chi connectivity index (χ1) is 20.2. The molecule has 1 aliphatic heterocycles. The summed E-state index contributed by atoms with van der Waals surface area (Å²) in [5.41, 5.74) is -0.932. The molecule has 42 heavy (non-hydrogen) atoms. The summed E-state index contributed by atoms with van der Waals surface area (Å²) in [6.07, 6.45) is 15.7. The lowest BCUT2D eigenvalue weighted by atomic mass is 9.77. The lowest BCUT2D eigenvalue weighted by molar-refractivity contribution is -0.183. The van der Waals surface area contributed by atoms with E-state index in [9.17, 15) is 20.1 Å². The molecule has 4 N–H and O–H groups in total. The molecule has 4 rings (SSSR count). The molecule has 0 bridgehead atoms. The van der Waals surface area contributed by atoms with Crippen LogP contribution in [0.3, 0.4) is 0 Å². The maximum absolute atomic E-state index is 13.6. The Bertz CT molecular complexity index is 889. The monoisotopic (exact) mass is 589 g/mol. The van der Waals surface area contributed by atoms with Crippen molar-refractivity contribution in [3.05, 3.63) is 0 Å². The van der Waals surface area contributed by atoms with Gasteiger partial charge in [0, 0.05) is 31.0 Å². The van der Waals surface area contributed by atoms with Crippen molar-refractivity contribution in [2.45, 2.75) is 140 Å². The van der Waals surface area contributed by atoms with Gasteiger partial charge in [-0.25, -0.2) is 0 Å². The smallest absolute Gasteiger partial charge is 0.240 e. The summed E-state index contributed by atoms with van der Waals surface area (Å²) in [5.74, 6) is 6.85. The van der Waals surface area contributed by atoms with Crippen LogP contribution in [0, 0.1) is 35.5 Å². The number of carbonyl (C=O) groups excluding carboxylic acids is 1. The predicted molar refractivity (Wildman–Crippen MR) is 165 cm³/mol. The second kappa shape index (κ2) is 16.2. The Hall–Kier alpha value is -1.21. The summed E-state index contributed by atoms with van der Waals surface area (Å²) in [4.78, 5) is 22.1. The maximum atomic E-state index is 13.6. The van der Waals surface area contributed by atoms with Crippen molar-refractivity contribution in [2.24, 2.45) is 23.7 Å². The molecule has 8 nitrogen and oxygen atoms in total. The number of aliphatic hydroxyl groups is 3. The van der Waals surface area contributed by atoms with Gasteiger partial charge in [-0.1, -0.05) is 56.8 Å². The zero-order chi connectivity index (χ0) is 30.1. The molecule has 0 aromatic carbocycles. The van der Waals surface area contributed by atoms with E-state index < -0.39 is 29.8 Å². The van der Waals surface area contributed by atoms with E-state index in [-0.39, 0.29) is 24.3 Å². The van der Waals surface area contributed by atoms with E-state index in [1.807, 2.05) is 6.92 Å². The first-order valence-electron chi connectivity index (χ1n) is 17.1. The average molecular weight is 590 g/mol. The summed E-state index contributed by atoms with van der Waals surface area (Å²) in [5, 5.41) is 36.7. The van der Waals surface area contributed by atoms with Crippen LogP contribution in [0.1, 0.15) is 110 Å². The summed E-state index contributed by atoms with van der Waals surface area (Å²) in [6, 6.07) is 0.0113. The van der Waals surface area contributed by atoms with Gasteiger partial charge < -0.3 is 25.5 Å². The lowest BCUT2D eigenvalue weighted by Gasteiger charge is -2.33. The largest absolute Gasteiger partial charge is 0.394 e. The third-order valence-electron chi connectivity index (χ3n) is 10.7. The van der Waals surface area contributed by atoms with Gasteiger partial charge >= 0.3 is 0 Å². The molecule has 240 valence electrons. The molecule has 1 saturated heterocycles. The Morgan fingerprint density at radius 1 is 1.07 bits per heavy atom. The van der Waals surface area contributed by atoms with Crippen LogP contribution >= 0.6 is 0 Å². The number of aliphatic hydroxyl groups excluding tert-OH is 2. The fraction of sp³-hybridized carbons (Fsp3) is 0.912. The Morgan fingerprint density at radius 2 is 1.76 bits per heavy atom. The number of rotatable bonds is 11. The van der Waals surface area contributed by atoms with E-state index in [2.05, 4.69) is 29.1 Å². The van der Waals surface area contributed by atoms with Crippen molar-refractivity contribution < 1.29 is 25.0 Å². The van der Waals surface area contributed by atoms with Crippen LogP contribution in [0.2, 0.25) is 0 Å². The van der Waals surface area contributed by atoms with Crippen molar-refractivity contribution in [2.75, 3.05) is 33.3 Å². The minimum Gasteiger partial charge on any atom is -0.394 e. The topological polar surface area (TPSA) is 105 Å². The quantitative estimate of drug-likeness (QED) is 0.214. The number of nitrogens with one attached hydrogen (secondary N) is 1. The molecule has 0 aromatic rings. The van der Waals surface area contributed by atoms with Crippen LogP contribution in [-0.4, -0.2) is 94.4 Å². The Labute approximate surface area is 254 Å². The Morgan fingerprint density at radius 3 is 2.43 bits per heavy atom. The minimum atomic E-state index is -0.932. The molecule has 1 heterocycles. The normalized spacial score (nSPS) is 32.2. The highest BCUT2D eigenvalue weighted by molar-refractivity contribution is 5.82. The van der Waals surface area contributed by atoms with Crippen molar-refractivity contribution in [3.8, 4) is 11.8 Å². The highest BCUT2D eigenvalue weighted by Crippen LogP contribution is 2.36. The lowest BCUT2D eigenvalue weighted by Crippen LogP contribution is -2.50. The molecule has 0 aromatic heterocycles. The highest BCUT2D eigenvalue weighted by atomic mass is 16.7. The zero-order valence-electron chi connectivity index (χ0n) is 26.6. The van der Waals surface area contributed by atoms with Gasteiger partial charge in [0.1, 0.15) is 17.7 Å². The molecule has 0 radical (unpaired) electrons.